The number of hydrogen-bond acceptors (Lipinski definition) is 3. The minimum atomic E-state index is 0.320. The third kappa shape index (κ3) is 3.21. The molecule has 0 bridgehead atoms. The number of pyridine rings is 1. The zero-order chi connectivity index (χ0) is 13.1. The van der Waals surface area contributed by atoms with Gasteiger partial charge in [0.25, 0.3) is 0 Å². The van der Waals surface area contributed by atoms with Gasteiger partial charge >= 0.3 is 0 Å². The molecule has 100 valence electrons. The van der Waals surface area contributed by atoms with Crippen molar-refractivity contribution in [3.8, 4) is 0 Å². The second-order valence-electron chi connectivity index (χ2n) is 5.09. The monoisotopic (exact) mass is 287 g/mol. The fourth-order valence-corrected chi connectivity index (χ4v) is 2.95. The molecule has 1 aromatic heterocycles. The predicted molar refractivity (Wildman–Crippen MR) is 78.3 cm³/mol. The van der Waals surface area contributed by atoms with Gasteiger partial charge < -0.3 is 11.1 Å². The second kappa shape index (κ2) is 5.98. The summed E-state index contributed by atoms with van der Waals surface area (Å²) in [5, 5.41) is 4.22. The van der Waals surface area contributed by atoms with Crippen LogP contribution in [0.2, 0.25) is 10.0 Å². The summed E-state index contributed by atoms with van der Waals surface area (Å²) in [4.78, 5) is 4.18. The molecule has 3 nitrogen and oxygen atoms in total. The zero-order valence-corrected chi connectivity index (χ0v) is 12.1. The Hall–Kier alpha value is -0.670. The Kier molecular flexibility index (Phi) is 4.57. The van der Waals surface area contributed by atoms with E-state index in [4.69, 9.17) is 28.9 Å². The van der Waals surface area contributed by atoms with Crippen molar-refractivity contribution in [3.05, 3.63) is 16.1 Å². The number of nitrogens with two attached hydrogens (primary N) is 1. The van der Waals surface area contributed by atoms with Gasteiger partial charge in [0.15, 0.2) is 0 Å². The van der Waals surface area contributed by atoms with Crippen LogP contribution in [0, 0.1) is 11.8 Å². The first-order valence-electron chi connectivity index (χ1n) is 6.43. The maximum absolute atomic E-state index is 6.09. The van der Waals surface area contributed by atoms with Crippen LogP contribution in [-0.2, 0) is 0 Å². The van der Waals surface area contributed by atoms with Crippen molar-refractivity contribution in [3.63, 3.8) is 0 Å². The molecule has 1 fully saturated rings. The molecule has 0 spiro atoms. The third-order valence-electron chi connectivity index (χ3n) is 3.78. The number of nitrogen functional groups attached to an aromatic ring is 1. The van der Waals surface area contributed by atoms with E-state index in [9.17, 15) is 0 Å². The highest BCUT2D eigenvalue weighted by Crippen LogP contribution is 2.31. The average Bonchev–Trinajstić information content (AvgIpc) is 2.34. The maximum Gasteiger partial charge on any atom is 0.147 e. The first-order chi connectivity index (χ1) is 8.58. The molecule has 0 amide bonds. The molecule has 0 radical (unpaired) electrons. The summed E-state index contributed by atoms with van der Waals surface area (Å²) in [6, 6.07) is 1.64. The summed E-state index contributed by atoms with van der Waals surface area (Å²) < 4.78 is 0. The van der Waals surface area contributed by atoms with Crippen molar-refractivity contribution in [2.75, 3.05) is 17.6 Å². The molecule has 1 saturated carbocycles. The summed E-state index contributed by atoms with van der Waals surface area (Å²) in [6.45, 7) is 3.21. The van der Waals surface area contributed by atoms with Crippen LogP contribution in [0.1, 0.15) is 32.6 Å². The van der Waals surface area contributed by atoms with Gasteiger partial charge in [-0.3, -0.25) is 0 Å². The fourth-order valence-electron chi connectivity index (χ4n) is 2.53. The number of rotatable bonds is 3. The summed E-state index contributed by atoms with van der Waals surface area (Å²) in [7, 11) is 0. The Morgan fingerprint density at radius 2 is 2.06 bits per heavy atom. The topological polar surface area (TPSA) is 50.9 Å². The highest BCUT2D eigenvalue weighted by Gasteiger charge is 2.21. The molecule has 3 N–H and O–H groups in total. The largest absolute Gasteiger partial charge is 0.382 e. The van der Waals surface area contributed by atoms with E-state index in [-0.39, 0.29) is 0 Å². The van der Waals surface area contributed by atoms with Crippen molar-refractivity contribution < 1.29 is 0 Å². The minimum absolute atomic E-state index is 0.320. The van der Waals surface area contributed by atoms with Crippen LogP contribution in [-0.4, -0.2) is 11.5 Å². The van der Waals surface area contributed by atoms with Crippen LogP contribution in [0.3, 0.4) is 0 Å². The van der Waals surface area contributed by atoms with Gasteiger partial charge in [-0.2, -0.15) is 0 Å². The molecule has 1 heterocycles. The lowest BCUT2D eigenvalue weighted by molar-refractivity contribution is 0.268. The highest BCUT2D eigenvalue weighted by molar-refractivity contribution is 6.37. The van der Waals surface area contributed by atoms with Crippen LogP contribution < -0.4 is 11.1 Å². The van der Waals surface area contributed by atoms with Gasteiger partial charge in [-0.15, -0.1) is 0 Å². The Bertz CT molecular complexity index is 423. The number of nitrogens with zero attached hydrogens (tertiary/aromatic N) is 1. The van der Waals surface area contributed by atoms with Crippen LogP contribution in [0.15, 0.2) is 6.07 Å². The molecule has 2 unspecified atom stereocenters. The van der Waals surface area contributed by atoms with Gasteiger partial charge in [0.05, 0.1) is 10.0 Å². The van der Waals surface area contributed by atoms with Crippen molar-refractivity contribution >= 4 is 34.8 Å². The quantitative estimate of drug-likeness (QED) is 0.876. The van der Waals surface area contributed by atoms with Gasteiger partial charge in [-0.1, -0.05) is 49.4 Å². The summed E-state index contributed by atoms with van der Waals surface area (Å²) in [6.07, 6.45) is 5.26. The molecule has 1 aliphatic rings. The molecular weight excluding hydrogens is 269 g/mol. The van der Waals surface area contributed by atoms with Crippen LogP contribution in [0.5, 0.6) is 0 Å². The maximum atomic E-state index is 6.09. The molecule has 0 saturated heterocycles. The summed E-state index contributed by atoms with van der Waals surface area (Å²) >= 11 is 11.9. The van der Waals surface area contributed by atoms with E-state index in [2.05, 4.69) is 17.2 Å². The van der Waals surface area contributed by atoms with Gasteiger partial charge in [-0.05, 0) is 24.3 Å². The lowest BCUT2D eigenvalue weighted by Gasteiger charge is -2.29. The van der Waals surface area contributed by atoms with E-state index in [1.165, 1.54) is 25.7 Å². The fraction of sp³-hybridized carbons (Fsp3) is 0.615. The standard InChI is InChI=1S/C13H19Cl2N3/c1-8-4-2-3-5-9(8)7-17-13-11(15)6-10(14)12(16)18-13/h6,8-9H,2-5,7H2,1H3,(H3,16,17,18). The van der Waals surface area contributed by atoms with E-state index in [1.807, 2.05) is 0 Å². The first-order valence-corrected chi connectivity index (χ1v) is 7.19. The normalized spacial score (nSPS) is 23.9. The summed E-state index contributed by atoms with van der Waals surface area (Å²) in [5.41, 5.74) is 5.68. The molecular formula is C13H19Cl2N3. The van der Waals surface area contributed by atoms with Gasteiger partial charge in [0, 0.05) is 6.54 Å². The second-order valence-corrected chi connectivity index (χ2v) is 5.90. The number of anilines is 2. The molecule has 18 heavy (non-hydrogen) atoms. The number of halogens is 2. The molecule has 5 heteroatoms. The Morgan fingerprint density at radius 1 is 1.33 bits per heavy atom. The Labute approximate surface area is 118 Å². The SMILES string of the molecule is CC1CCCCC1CNc1nc(N)c(Cl)cc1Cl. The average molecular weight is 288 g/mol. The number of aromatic nitrogens is 1. The van der Waals surface area contributed by atoms with Crippen molar-refractivity contribution in [1.29, 1.82) is 0 Å². The first kappa shape index (κ1) is 13.8. The number of nitrogens with one attached hydrogen (secondary N) is 1. The molecule has 0 aromatic carbocycles. The van der Waals surface area contributed by atoms with Gasteiger partial charge in [0.1, 0.15) is 11.6 Å². The zero-order valence-electron chi connectivity index (χ0n) is 10.5. The molecule has 1 aromatic rings. The van der Waals surface area contributed by atoms with E-state index < -0.39 is 0 Å². The van der Waals surface area contributed by atoms with E-state index in [1.54, 1.807) is 6.07 Å². The minimum Gasteiger partial charge on any atom is -0.382 e. The Balaban J connectivity index is 1.99. The predicted octanol–water partition coefficient (Wildman–Crippen LogP) is 4.21. The van der Waals surface area contributed by atoms with E-state index in [0.717, 1.165) is 12.5 Å². The molecule has 2 atom stereocenters. The van der Waals surface area contributed by atoms with Gasteiger partial charge in [-0.25, -0.2) is 4.98 Å². The smallest absolute Gasteiger partial charge is 0.147 e. The lowest BCUT2D eigenvalue weighted by atomic mass is 9.80. The van der Waals surface area contributed by atoms with E-state index in [0.29, 0.717) is 27.6 Å². The molecule has 0 aliphatic heterocycles. The highest BCUT2D eigenvalue weighted by atomic mass is 35.5. The lowest BCUT2D eigenvalue weighted by Crippen LogP contribution is -2.24. The van der Waals surface area contributed by atoms with Crippen LogP contribution in [0.4, 0.5) is 11.6 Å². The van der Waals surface area contributed by atoms with E-state index >= 15 is 0 Å². The third-order valence-corrected chi connectivity index (χ3v) is 4.37. The summed E-state index contributed by atoms with van der Waals surface area (Å²) in [5.74, 6) is 2.40. The molecule has 2 rings (SSSR count). The van der Waals surface area contributed by atoms with Crippen LogP contribution in [0.25, 0.3) is 0 Å². The van der Waals surface area contributed by atoms with Crippen LogP contribution >= 0.6 is 23.2 Å². The van der Waals surface area contributed by atoms with Gasteiger partial charge in [0.2, 0.25) is 0 Å². The molecule has 1 aliphatic carbocycles. The van der Waals surface area contributed by atoms with Crippen molar-refractivity contribution in [1.82, 2.24) is 4.98 Å². The Morgan fingerprint density at radius 3 is 2.78 bits per heavy atom. The van der Waals surface area contributed by atoms with Crippen molar-refractivity contribution in [2.24, 2.45) is 11.8 Å². The van der Waals surface area contributed by atoms with Crippen molar-refractivity contribution in [2.45, 2.75) is 32.6 Å². The number of hydrogen-bond donors (Lipinski definition) is 2.